The van der Waals surface area contributed by atoms with Crippen LogP contribution in [0.1, 0.15) is 5.56 Å². The number of fused-ring (bicyclic) bond motifs is 1. The Bertz CT molecular complexity index is 750. The van der Waals surface area contributed by atoms with Crippen molar-refractivity contribution in [2.75, 3.05) is 11.1 Å². The molecule has 3 nitrogen and oxygen atoms in total. The van der Waals surface area contributed by atoms with Crippen molar-refractivity contribution >= 4 is 44.9 Å². The van der Waals surface area contributed by atoms with Crippen molar-refractivity contribution in [2.45, 2.75) is 6.54 Å². The van der Waals surface area contributed by atoms with Gasteiger partial charge < -0.3 is 11.1 Å². The number of nitrogens with two attached hydrogens (primary N) is 1. The maximum Gasteiger partial charge on any atom is 0.0751 e. The summed E-state index contributed by atoms with van der Waals surface area (Å²) >= 11 is 2.29. The molecule has 4 heteroatoms. The van der Waals surface area contributed by atoms with E-state index in [9.17, 15) is 0 Å². The van der Waals surface area contributed by atoms with Gasteiger partial charge in [-0.2, -0.15) is 0 Å². The van der Waals surface area contributed by atoms with Crippen molar-refractivity contribution in [1.29, 1.82) is 0 Å². The van der Waals surface area contributed by atoms with Crippen molar-refractivity contribution in [1.82, 2.24) is 4.98 Å². The van der Waals surface area contributed by atoms with Gasteiger partial charge in [-0.05, 0) is 52.4 Å². The summed E-state index contributed by atoms with van der Waals surface area (Å²) in [5.74, 6) is 0. The number of benzene rings is 2. The molecule has 3 N–H and O–H groups in total. The zero-order valence-corrected chi connectivity index (χ0v) is 13.0. The van der Waals surface area contributed by atoms with Crippen LogP contribution in [-0.4, -0.2) is 4.98 Å². The number of pyridine rings is 1. The summed E-state index contributed by atoms with van der Waals surface area (Å²) < 4.78 is 1.12. The topological polar surface area (TPSA) is 50.9 Å². The molecule has 0 fully saturated rings. The first-order chi connectivity index (χ1) is 9.74. The fourth-order valence-corrected chi connectivity index (χ4v) is 2.91. The average molecular weight is 375 g/mol. The first kappa shape index (κ1) is 13.2. The molecule has 0 atom stereocenters. The van der Waals surface area contributed by atoms with Crippen LogP contribution in [-0.2, 0) is 6.54 Å². The van der Waals surface area contributed by atoms with Gasteiger partial charge in [0, 0.05) is 33.1 Å². The second kappa shape index (κ2) is 5.66. The number of aromatic nitrogens is 1. The number of rotatable bonds is 3. The van der Waals surface area contributed by atoms with Crippen LogP contribution < -0.4 is 11.1 Å². The second-order valence-corrected chi connectivity index (χ2v) is 5.75. The minimum absolute atomic E-state index is 0.744. The summed E-state index contributed by atoms with van der Waals surface area (Å²) in [6.45, 7) is 0.744. The Morgan fingerprint density at radius 3 is 2.80 bits per heavy atom. The van der Waals surface area contributed by atoms with E-state index in [1.807, 2.05) is 30.5 Å². The highest BCUT2D eigenvalue weighted by molar-refractivity contribution is 14.1. The summed E-state index contributed by atoms with van der Waals surface area (Å²) in [6.07, 6.45) is 1.83. The Morgan fingerprint density at radius 1 is 1.10 bits per heavy atom. The van der Waals surface area contributed by atoms with Crippen LogP contribution in [0.4, 0.5) is 11.4 Å². The van der Waals surface area contributed by atoms with Gasteiger partial charge in [0.15, 0.2) is 0 Å². The van der Waals surface area contributed by atoms with Crippen molar-refractivity contribution in [3.05, 3.63) is 63.9 Å². The molecule has 0 spiro atoms. The summed E-state index contributed by atoms with van der Waals surface area (Å²) in [4.78, 5) is 4.47. The van der Waals surface area contributed by atoms with Crippen molar-refractivity contribution < 1.29 is 0 Å². The van der Waals surface area contributed by atoms with Crippen LogP contribution in [0.15, 0.2) is 54.7 Å². The van der Waals surface area contributed by atoms with Crippen molar-refractivity contribution in [3.8, 4) is 0 Å². The minimum Gasteiger partial charge on any atom is -0.399 e. The van der Waals surface area contributed by atoms with Gasteiger partial charge in [-0.25, -0.2) is 0 Å². The molecule has 2 aromatic carbocycles. The molecule has 0 saturated carbocycles. The van der Waals surface area contributed by atoms with Gasteiger partial charge in [-0.1, -0.05) is 24.3 Å². The van der Waals surface area contributed by atoms with E-state index in [0.29, 0.717) is 0 Å². The van der Waals surface area contributed by atoms with E-state index in [-0.39, 0.29) is 0 Å². The fourth-order valence-electron chi connectivity index (χ4n) is 2.18. The molecule has 3 aromatic rings. The Hall–Kier alpha value is -1.82. The molecule has 0 radical (unpaired) electrons. The maximum absolute atomic E-state index is 5.77. The van der Waals surface area contributed by atoms with Crippen LogP contribution in [0.5, 0.6) is 0 Å². The lowest BCUT2D eigenvalue weighted by Gasteiger charge is -2.10. The third-order valence-electron chi connectivity index (χ3n) is 3.18. The number of para-hydroxylation sites is 1. The quantitative estimate of drug-likeness (QED) is 0.537. The van der Waals surface area contributed by atoms with Gasteiger partial charge in [-0.15, -0.1) is 0 Å². The lowest BCUT2D eigenvalue weighted by Crippen LogP contribution is -2.02. The molecule has 100 valence electrons. The lowest BCUT2D eigenvalue weighted by atomic mass is 10.1. The summed E-state index contributed by atoms with van der Waals surface area (Å²) in [5.41, 5.74) is 9.88. The largest absolute Gasteiger partial charge is 0.399 e. The van der Waals surface area contributed by atoms with Gasteiger partial charge in [-0.3, -0.25) is 4.98 Å². The van der Waals surface area contributed by atoms with E-state index in [0.717, 1.165) is 27.0 Å². The standard InChI is InChI=1S/C16H14IN3/c17-14-9-13(18)6-7-15(14)20-10-12-4-1-3-11-5-2-8-19-16(11)12/h1-9,20H,10,18H2. The molecular formula is C16H14IN3. The van der Waals surface area contributed by atoms with Crippen LogP contribution in [0.2, 0.25) is 0 Å². The first-order valence-electron chi connectivity index (χ1n) is 6.35. The van der Waals surface area contributed by atoms with E-state index in [4.69, 9.17) is 5.73 Å². The normalized spacial score (nSPS) is 10.7. The molecule has 0 aliphatic heterocycles. The summed E-state index contributed by atoms with van der Waals surface area (Å²) in [7, 11) is 0. The molecule has 0 aliphatic rings. The highest BCUT2D eigenvalue weighted by atomic mass is 127. The smallest absolute Gasteiger partial charge is 0.0751 e. The predicted octanol–water partition coefficient (Wildman–Crippen LogP) is 4.03. The Kier molecular flexibility index (Phi) is 3.73. The van der Waals surface area contributed by atoms with Gasteiger partial charge in [0.1, 0.15) is 0 Å². The molecule has 0 saturated heterocycles. The van der Waals surface area contributed by atoms with E-state index in [2.05, 4.69) is 57.2 Å². The third-order valence-corrected chi connectivity index (χ3v) is 4.07. The van der Waals surface area contributed by atoms with E-state index >= 15 is 0 Å². The molecule has 20 heavy (non-hydrogen) atoms. The van der Waals surface area contributed by atoms with Crippen LogP contribution >= 0.6 is 22.6 Å². The number of nitrogen functional groups attached to an aromatic ring is 1. The van der Waals surface area contributed by atoms with Crippen molar-refractivity contribution in [2.24, 2.45) is 0 Å². The lowest BCUT2D eigenvalue weighted by molar-refractivity contribution is 1.15. The van der Waals surface area contributed by atoms with Crippen molar-refractivity contribution in [3.63, 3.8) is 0 Å². The molecular weight excluding hydrogens is 361 g/mol. The number of halogens is 1. The molecule has 0 unspecified atom stereocenters. The summed E-state index contributed by atoms with van der Waals surface area (Å²) in [6, 6.07) is 16.2. The highest BCUT2D eigenvalue weighted by Crippen LogP contribution is 2.22. The van der Waals surface area contributed by atoms with E-state index in [1.165, 1.54) is 10.9 Å². The van der Waals surface area contributed by atoms with E-state index in [1.54, 1.807) is 0 Å². The van der Waals surface area contributed by atoms with Gasteiger partial charge in [0.2, 0.25) is 0 Å². The molecule has 1 aromatic heterocycles. The number of nitrogens with one attached hydrogen (secondary N) is 1. The molecule has 1 heterocycles. The van der Waals surface area contributed by atoms with Gasteiger partial charge in [0.05, 0.1) is 5.52 Å². The van der Waals surface area contributed by atoms with Crippen LogP contribution in [0, 0.1) is 3.57 Å². The summed E-state index contributed by atoms with van der Waals surface area (Å²) in [5, 5.41) is 4.61. The minimum atomic E-state index is 0.744. The molecule has 3 rings (SSSR count). The molecule has 0 aliphatic carbocycles. The Balaban J connectivity index is 1.87. The maximum atomic E-state index is 5.77. The Morgan fingerprint density at radius 2 is 1.95 bits per heavy atom. The average Bonchev–Trinajstić information content (AvgIpc) is 2.46. The number of nitrogens with zero attached hydrogens (tertiary/aromatic N) is 1. The van der Waals surface area contributed by atoms with Gasteiger partial charge in [0.25, 0.3) is 0 Å². The first-order valence-corrected chi connectivity index (χ1v) is 7.43. The van der Waals surface area contributed by atoms with Crippen LogP contribution in [0.25, 0.3) is 10.9 Å². The van der Waals surface area contributed by atoms with Crippen LogP contribution in [0.3, 0.4) is 0 Å². The monoisotopic (exact) mass is 375 g/mol. The SMILES string of the molecule is Nc1ccc(NCc2cccc3cccnc23)c(I)c1. The van der Waals surface area contributed by atoms with Gasteiger partial charge >= 0.3 is 0 Å². The zero-order valence-electron chi connectivity index (χ0n) is 10.8. The molecule has 0 amide bonds. The fraction of sp³-hybridized carbons (Fsp3) is 0.0625. The Labute approximate surface area is 131 Å². The van der Waals surface area contributed by atoms with E-state index < -0.39 is 0 Å². The highest BCUT2D eigenvalue weighted by Gasteiger charge is 2.03. The number of hydrogen-bond donors (Lipinski definition) is 2. The molecule has 0 bridgehead atoms. The number of hydrogen-bond acceptors (Lipinski definition) is 3. The second-order valence-electron chi connectivity index (χ2n) is 4.59. The predicted molar refractivity (Wildman–Crippen MR) is 92.6 cm³/mol. The number of anilines is 2. The zero-order chi connectivity index (χ0) is 13.9. The third kappa shape index (κ3) is 2.70.